The summed E-state index contributed by atoms with van der Waals surface area (Å²) in [5, 5.41) is 9.16. The zero-order chi connectivity index (χ0) is 21.6. The number of aromatic nitrogens is 2. The van der Waals surface area contributed by atoms with Crippen LogP contribution < -0.4 is 11.1 Å². The molecule has 2 rings (SSSR count). The van der Waals surface area contributed by atoms with Crippen LogP contribution in [0.15, 0.2) is 23.2 Å². The van der Waals surface area contributed by atoms with Crippen molar-refractivity contribution in [3.8, 4) is 0 Å². The first-order chi connectivity index (χ1) is 13.7. The number of halogens is 3. The number of hydrogen-bond acceptors (Lipinski definition) is 4. The Labute approximate surface area is 166 Å². The highest BCUT2D eigenvalue weighted by atomic mass is 19.3. The van der Waals surface area contributed by atoms with E-state index >= 15 is 0 Å². The fourth-order valence-electron chi connectivity index (χ4n) is 2.68. The number of hydrogen-bond donors (Lipinski definition) is 3. The van der Waals surface area contributed by atoms with Gasteiger partial charge in [0, 0.05) is 23.5 Å². The van der Waals surface area contributed by atoms with Crippen molar-refractivity contribution < 1.29 is 22.7 Å². The summed E-state index contributed by atoms with van der Waals surface area (Å²) < 4.78 is 47.8. The van der Waals surface area contributed by atoms with Gasteiger partial charge in [-0.3, -0.25) is 14.9 Å². The predicted octanol–water partition coefficient (Wildman–Crippen LogP) is 3.16. The summed E-state index contributed by atoms with van der Waals surface area (Å²) in [4.78, 5) is 16.2. The van der Waals surface area contributed by atoms with E-state index in [9.17, 15) is 18.0 Å². The van der Waals surface area contributed by atoms with Crippen molar-refractivity contribution in [1.82, 2.24) is 10.2 Å². The summed E-state index contributed by atoms with van der Waals surface area (Å²) in [5.74, 6) is -5.25. The first-order valence-electron chi connectivity index (χ1n) is 9.09. The number of carbonyl (C=O) groups is 1. The zero-order valence-corrected chi connectivity index (χ0v) is 16.5. The van der Waals surface area contributed by atoms with Crippen LogP contribution in [0.2, 0.25) is 0 Å². The average molecular weight is 411 g/mol. The molecule has 1 aromatic carbocycles. The van der Waals surface area contributed by atoms with E-state index in [1.54, 1.807) is 13.8 Å². The molecule has 0 aliphatic carbocycles. The highest BCUT2D eigenvalue weighted by molar-refractivity contribution is 6.04. The molecule has 0 unspecified atom stereocenters. The molecule has 0 aliphatic rings. The lowest BCUT2D eigenvalue weighted by Gasteiger charge is -2.18. The van der Waals surface area contributed by atoms with E-state index in [2.05, 4.69) is 20.5 Å². The molecule has 0 fully saturated rings. The van der Waals surface area contributed by atoms with Gasteiger partial charge in [-0.25, -0.2) is 4.39 Å². The van der Waals surface area contributed by atoms with Crippen molar-refractivity contribution in [1.29, 1.82) is 0 Å². The summed E-state index contributed by atoms with van der Waals surface area (Å²) in [6.07, 6.45) is 0.659. The monoisotopic (exact) mass is 411 g/mol. The van der Waals surface area contributed by atoms with Gasteiger partial charge < -0.3 is 15.8 Å². The molecule has 29 heavy (non-hydrogen) atoms. The Morgan fingerprint density at radius 3 is 2.72 bits per heavy atom. The number of benzene rings is 1. The number of nitrogens with one attached hydrogen (secondary N) is 2. The SMILES string of the molecule is CCN=C(N)COCC(F)(F)c1cc(NC(=O)c2n[nH]c(CC)c2C)ccc1F. The van der Waals surface area contributed by atoms with Crippen LogP contribution >= 0.6 is 0 Å². The number of carbonyl (C=O) groups excluding carboxylic acids is 1. The van der Waals surface area contributed by atoms with Gasteiger partial charge in [0.05, 0.1) is 5.56 Å². The molecule has 7 nitrogen and oxygen atoms in total. The number of aromatic amines is 1. The van der Waals surface area contributed by atoms with Crippen LogP contribution in [0.5, 0.6) is 0 Å². The molecule has 1 amide bonds. The fourth-order valence-corrected chi connectivity index (χ4v) is 2.68. The van der Waals surface area contributed by atoms with E-state index in [4.69, 9.17) is 10.5 Å². The highest BCUT2D eigenvalue weighted by Gasteiger charge is 2.35. The van der Waals surface area contributed by atoms with Crippen LogP contribution in [0.4, 0.5) is 18.9 Å². The molecule has 0 aliphatic heterocycles. The van der Waals surface area contributed by atoms with E-state index in [1.165, 1.54) is 6.07 Å². The smallest absolute Gasteiger partial charge is 0.298 e. The lowest BCUT2D eigenvalue weighted by molar-refractivity contribution is -0.0775. The molecule has 1 heterocycles. The van der Waals surface area contributed by atoms with Gasteiger partial charge in [0.1, 0.15) is 24.9 Å². The predicted molar refractivity (Wildman–Crippen MR) is 104 cm³/mol. The van der Waals surface area contributed by atoms with Gasteiger partial charge in [-0.05, 0) is 38.5 Å². The minimum atomic E-state index is -3.63. The first-order valence-corrected chi connectivity index (χ1v) is 9.09. The molecule has 0 spiro atoms. The third kappa shape index (κ3) is 5.57. The lowest BCUT2D eigenvalue weighted by atomic mass is 10.1. The zero-order valence-electron chi connectivity index (χ0n) is 16.5. The van der Waals surface area contributed by atoms with Gasteiger partial charge in [0.15, 0.2) is 5.69 Å². The molecule has 0 radical (unpaired) electrons. The second-order valence-corrected chi connectivity index (χ2v) is 6.34. The molecule has 2 aromatic rings. The quantitative estimate of drug-likeness (QED) is 0.435. The van der Waals surface area contributed by atoms with Crippen molar-refractivity contribution >= 4 is 17.4 Å². The lowest BCUT2D eigenvalue weighted by Crippen LogP contribution is -2.27. The number of H-pyrrole nitrogens is 1. The molecule has 10 heteroatoms. The third-order valence-corrected chi connectivity index (χ3v) is 4.19. The molecular weight excluding hydrogens is 387 g/mol. The number of nitrogens with zero attached hydrogens (tertiary/aromatic N) is 2. The van der Waals surface area contributed by atoms with Crippen molar-refractivity contribution in [2.24, 2.45) is 10.7 Å². The first kappa shape index (κ1) is 22.4. The second-order valence-electron chi connectivity index (χ2n) is 6.34. The molecule has 158 valence electrons. The Bertz CT molecular complexity index is 896. The molecule has 4 N–H and O–H groups in total. The largest absolute Gasteiger partial charge is 0.386 e. The number of ether oxygens (including phenoxy) is 1. The number of amides is 1. The number of anilines is 1. The minimum absolute atomic E-state index is 0.0126. The van der Waals surface area contributed by atoms with Crippen LogP contribution in [0.1, 0.15) is 41.2 Å². The Kier molecular flexibility index (Phi) is 7.38. The molecule has 0 atom stereocenters. The maximum absolute atomic E-state index is 14.4. The normalized spacial score (nSPS) is 12.3. The van der Waals surface area contributed by atoms with Gasteiger partial charge in [0.25, 0.3) is 11.8 Å². The van der Waals surface area contributed by atoms with Crippen LogP contribution in [0, 0.1) is 12.7 Å². The van der Waals surface area contributed by atoms with E-state index < -0.39 is 29.8 Å². The number of aryl methyl sites for hydroxylation is 1. The molecule has 0 saturated carbocycles. The van der Waals surface area contributed by atoms with Gasteiger partial charge >= 0.3 is 0 Å². The van der Waals surface area contributed by atoms with E-state index in [1.807, 2.05) is 6.92 Å². The Balaban J connectivity index is 2.14. The van der Waals surface area contributed by atoms with E-state index in [0.29, 0.717) is 18.5 Å². The second kappa shape index (κ2) is 9.55. The average Bonchev–Trinajstić information content (AvgIpc) is 3.04. The van der Waals surface area contributed by atoms with Crippen LogP contribution in [-0.2, 0) is 17.1 Å². The van der Waals surface area contributed by atoms with Crippen LogP contribution in [0.3, 0.4) is 0 Å². The molecule has 0 saturated heterocycles. The van der Waals surface area contributed by atoms with Crippen molar-refractivity contribution in [2.75, 3.05) is 25.1 Å². The van der Waals surface area contributed by atoms with Crippen molar-refractivity contribution in [3.05, 3.63) is 46.5 Å². The fraction of sp³-hybridized carbons (Fsp3) is 0.421. The third-order valence-electron chi connectivity index (χ3n) is 4.19. The maximum atomic E-state index is 14.4. The van der Waals surface area contributed by atoms with E-state index in [-0.39, 0.29) is 23.8 Å². The summed E-state index contributed by atoms with van der Waals surface area (Å²) >= 11 is 0. The number of aliphatic imine (C=N–C) groups is 1. The summed E-state index contributed by atoms with van der Waals surface area (Å²) in [6, 6.07) is 2.94. The standard InChI is InChI=1S/C19H24F3N5O2/c1-4-15-11(3)17(27-26-15)18(28)25-12-6-7-14(20)13(8-12)19(21,22)10-29-9-16(23)24-5-2/h6-8H,4-5,9-10H2,1-3H3,(H2,23,24)(H,25,28)(H,26,27). The summed E-state index contributed by atoms with van der Waals surface area (Å²) in [7, 11) is 0. The van der Waals surface area contributed by atoms with Gasteiger partial charge in [-0.2, -0.15) is 13.9 Å². The number of amidine groups is 1. The van der Waals surface area contributed by atoms with Crippen LogP contribution in [0.25, 0.3) is 0 Å². The maximum Gasteiger partial charge on any atom is 0.298 e. The number of rotatable bonds is 9. The highest BCUT2D eigenvalue weighted by Crippen LogP contribution is 2.32. The molecular formula is C19H24F3N5O2. The number of nitrogens with two attached hydrogens (primary N) is 1. The molecule has 1 aromatic heterocycles. The van der Waals surface area contributed by atoms with Crippen molar-refractivity contribution in [3.63, 3.8) is 0 Å². The summed E-state index contributed by atoms with van der Waals surface area (Å²) in [6.45, 7) is 4.40. The summed E-state index contributed by atoms with van der Waals surface area (Å²) in [5.41, 5.74) is 6.22. The van der Waals surface area contributed by atoms with Gasteiger partial charge in [0.2, 0.25) is 0 Å². The Hall–Kier alpha value is -2.88. The molecule has 0 bridgehead atoms. The van der Waals surface area contributed by atoms with Crippen molar-refractivity contribution in [2.45, 2.75) is 33.1 Å². The van der Waals surface area contributed by atoms with Gasteiger partial charge in [-0.1, -0.05) is 6.92 Å². The Morgan fingerprint density at radius 1 is 1.38 bits per heavy atom. The van der Waals surface area contributed by atoms with Crippen LogP contribution in [-0.4, -0.2) is 41.7 Å². The van der Waals surface area contributed by atoms with Gasteiger partial charge in [-0.15, -0.1) is 0 Å². The Morgan fingerprint density at radius 2 is 2.10 bits per heavy atom. The minimum Gasteiger partial charge on any atom is -0.386 e. The van der Waals surface area contributed by atoms with E-state index in [0.717, 1.165) is 17.8 Å². The number of alkyl halides is 2. The topological polar surface area (TPSA) is 105 Å².